The molecule has 4 rings (SSSR count). The predicted molar refractivity (Wildman–Crippen MR) is 95.9 cm³/mol. The van der Waals surface area contributed by atoms with Crippen LogP contribution in [0.1, 0.15) is 50.0 Å². The molecule has 2 aliphatic carbocycles. The summed E-state index contributed by atoms with van der Waals surface area (Å²) in [6.07, 6.45) is 6.86. The Morgan fingerprint density at radius 1 is 0.875 bits per heavy atom. The molecule has 0 saturated heterocycles. The first-order valence-corrected chi connectivity index (χ1v) is 9.85. The molecule has 3 nitrogen and oxygen atoms in total. The molecule has 1 aliphatic heterocycles. The first-order chi connectivity index (χ1) is 11.7. The van der Waals surface area contributed by atoms with Gasteiger partial charge in [0, 0.05) is 46.2 Å². The third kappa shape index (κ3) is 2.53. The Labute approximate surface area is 146 Å². The van der Waals surface area contributed by atoms with E-state index in [1.54, 1.807) is 11.8 Å². The fourth-order valence-electron chi connectivity index (χ4n) is 4.11. The topological polar surface area (TPSA) is 46.2 Å². The van der Waals surface area contributed by atoms with E-state index >= 15 is 0 Å². The molecule has 0 unspecified atom stereocenters. The second-order valence-electron chi connectivity index (χ2n) is 6.67. The lowest BCUT2D eigenvalue weighted by molar-refractivity contribution is -0.116. The van der Waals surface area contributed by atoms with Gasteiger partial charge in [-0.25, -0.2) is 0 Å². The SMILES string of the molecule is CSc1ccc(C2C3=C(CCCC3=O)NC3=C2C(=O)CCC3)cc1. The van der Waals surface area contributed by atoms with Crippen molar-refractivity contribution in [2.24, 2.45) is 0 Å². The summed E-state index contributed by atoms with van der Waals surface area (Å²) < 4.78 is 0. The average molecular weight is 339 g/mol. The first-order valence-electron chi connectivity index (χ1n) is 8.62. The van der Waals surface area contributed by atoms with E-state index < -0.39 is 0 Å². The van der Waals surface area contributed by atoms with Gasteiger partial charge in [-0.15, -0.1) is 11.8 Å². The van der Waals surface area contributed by atoms with Gasteiger partial charge in [0.15, 0.2) is 11.6 Å². The normalized spacial score (nSPS) is 21.5. The maximum atomic E-state index is 12.7. The van der Waals surface area contributed by atoms with Crippen LogP contribution in [-0.4, -0.2) is 17.8 Å². The van der Waals surface area contributed by atoms with E-state index in [1.807, 2.05) is 0 Å². The highest BCUT2D eigenvalue weighted by molar-refractivity contribution is 7.98. The van der Waals surface area contributed by atoms with Gasteiger partial charge in [0.2, 0.25) is 0 Å². The second kappa shape index (κ2) is 6.25. The van der Waals surface area contributed by atoms with Gasteiger partial charge in [-0.1, -0.05) is 12.1 Å². The number of rotatable bonds is 2. The van der Waals surface area contributed by atoms with Gasteiger partial charge in [0.1, 0.15) is 0 Å². The van der Waals surface area contributed by atoms with Crippen LogP contribution >= 0.6 is 11.8 Å². The van der Waals surface area contributed by atoms with E-state index in [9.17, 15) is 9.59 Å². The molecule has 24 heavy (non-hydrogen) atoms. The monoisotopic (exact) mass is 339 g/mol. The Morgan fingerprint density at radius 3 is 1.92 bits per heavy atom. The molecule has 0 bridgehead atoms. The van der Waals surface area contributed by atoms with Crippen LogP contribution in [0.15, 0.2) is 51.7 Å². The van der Waals surface area contributed by atoms with Crippen molar-refractivity contribution in [3.05, 3.63) is 52.4 Å². The van der Waals surface area contributed by atoms with E-state index in [4.69, 9.17) is 0 Å². The lowest BCUT2D eigenvalue weighted by atomic mass is 9.71. The standard InChI is InChI=1S/C20H21NO2S/c1-24-13-10-8-12(9-11-13)18-19-14(4-2-6-16(19)22)21-15-5-3-7-17(23)20(15)18/h8-11,18,21H,2-7H2,1H3. The lowest BCUT2D eigenvalue weighted by Gasteiger charge is -2.37. The molecule has 0 fully saturated rings. The third-order valence-corrected chi connectivity index (χ3v) is 5.98. The molecule has 0 atom stereocenters. The van der Waals surface area contributed by atoms with E-state index in [2.05, 4.69) is 35.8 Å². The zero-order valence-electron chi connectivity index (χ0n) is 13.9. The molecule has 1 aromatic carbocycles. The highest BCUT2D eigenvalue weighted by Gasteiger charge is 2.39. The largest absolute Gasteiger partial charge is 0.362 e. The number of nitrogens with one attached hydrogen (secondary N) is 1. The number of carbonyl (C=O) groups is 2. The van der Waals surface area contributed by atoms with Crippen LogP contribution in [0.2, 0.25) is 0 Å². The number of carbonyl (C=O) groups excluding carboxylic acids is 2. The Morgan fingerprint density at radius 2 is 1.42 bits per heavy atom. The van der Waals surface area contributed by atoms with Crippen molar-refractivity contribution in [2.75, 3.05) is 6.26 Å². The lowest BCUT2D eigenvalue weighted by Crippen LogP contribution is -2.36. The van der Waals surface area contributed by atoms with Gasteiger partial charge in [-0.05, 0) is 49.6 Å². The Balaban J connectivity index is 1.87. The van der Waals surface area contributed by atoms with Crippen LogP contribution in [0.4, 0.5) is 0 Å². The second-order valence-corrected chi connectivity index (χ2v) is 7.55. The molecule has 0 saturated carbocycles. The number of ketones is 2. The van der Waals surface area contributed by atoms with Gasteiger partial charge in [-0.2, -0.15) is 0 Å². The minimum absolute atomic E-state index is 0.173. The van der Waals surface area contributed by atoms with Crippen molar-refractivity contribution in [1.29, 1.82) is 0 Å². The summed E-state index contributed by atoms with van der Waals surface area (Å²) in [5.41, 5.74) is 4.86. The van der Waals surface area contributed by atoms with Crippen LogP contribution in [-0.2, 0) is 9.59 Å². The first kappa shape index (κ1) is 15.7. The minimum Gasteiger partial charge on any atom is -0.362 e. The zero-order valence-corrected chi connectivity index (χ0v) is 14.7. The highest BCUT2D eigenvalue weighted by atomic mass is 32.2. The summed E-state index contributed by atoms with van der Waals surface area (Å²) in [6, 6.07) is 8.34. The Bertz CT molecular complexity index is 731. The summed E-state index contributed by atoms with van der Waals surface area (Å²) in [5.74, 6) is 0.230. The molecule has 1 heterocycles. The fourth-order valence-corrected chi connectivity index (χ4v) is 4.52. The Hall–Kier alpha value is -1.81. The summed E-state index contributed by atoms with van der Waals surface area (Å²) >= 11 is 1.70. The molecule has 0 radical (unpaired) electrons. The van der Waals surface area contributed by atoms with Gasteiger partial charge in [0.05, 0.1) is 0 Å². The smallest absolute Gasteiger partial charge is 0.161 e. The molecule has 3 aliphatic rings. The van der Waals surface area contributed by atoms with E-state index in [-0.39, 0.29) is 17.5 Å². The van der Waals surface area contributed by atoms with E-state index in [0.29, 0.717) is 12.8 Å². The van der Waals surface area contributed by atoms with E-state index in [0.717, 1.165) is 53.8 Å². The quantitative estimate of drug-likeness (QED) is 0.824. The van der Waals surface area contributed by atoms with Crippen molar-refractivity contribution in [3.8, 4) is 0 Å². The van der Waals surface area contributed by atoms with Gasteiger partial charge < -0.3 is 5.32 Å². The number of benzene rings is 1. The fraction of sp³-hybridized carbons (Fsp3) is 0.400. The molecular weight excluding hydrogens is 318 g/mol. The zero-order chi connectivity index (χ0) is 16.7. The van der Waals surface area contributed by atoms with Crippen molar-refractivity contribution in [1.82, 2.24) is 5.32 Å². The molecule has 1 aromatic rings. The highest BCUT2D eigenvalue weighted by Crippen LogP contribution is 2.45. The maximum Gasteiger partial charge on any atom is 0.161 e. The Kier molecular flexibility index (Phi) is 4.09. The molecular formula is C20H21NO2S. The molecule has 4 heteroatoms. The van der Waals surface area contributed by atoms with Crippen LogP contribution in [0, 0.1) is 0 Å². The maximum absolute atomic E-state index is 12.7. The van der Waals surface area contributed by atoms with Crippen LogP contribution in [0.5, 0.6) is 0 Å². The number of hydrogen-bond acceptors (Lipinski definition) is 4. The van der Waals surface area contributed by atoms with Gasteiger partial charge in [-0.3, -0.25) is 9.59 Å². The predicted octanol–water partition coefficient (Wildman–Crippen LogP) is 4.11. The number of thioether (sulfide) groups is 1. The molecule has 124 valence electrons. The van der Waals surface area contributed by atoms with Crippen LogP contribution in [0.25, 0.3) is 0 Å². The molecule has 0 spiro atoms. The van der Waals surface area contributed by atoms with Crippen molar-refractivity contribution in [3.63, 3.8) is 0 Å². The van der Waals surface area contributed by atoms with Gasteiger partial charge >= 0.3 is 0 Å². The van der Waals surface area contributed by atoms with E-state index in [1.165, 1.54) is 4.90 Å². The van der Waals surface area contributed by atoms with Crippen molar-refractivity contribution in [2.45, 2.75) is 49.3 Å². The number of hydrogen-bond donors (Lipinski definition) is 1. The van der Waals surface area contributed by atoms with Crippen molar-refractivity contribution < 1.29 is 9.59 Å². The number of allylic oxidation sites excluding steroid dienone is 4. The van der Waals surface area contributed by atoms with Crippen molar-refractivity contribution >= 4 is 23.3 Å². The minimum atomic E-state index is -0.173. The molecule has 0 amide bonds. The summed E-state index contributed by atoms with van der Waals surface area (Å²) in [5, 5.41) is 3.45. The number of Topliss-reactive ketones (excluding diaryl/α,β-unsaturated/α-hetero) is 2. The van der Waals surface area contributed by atoms with Crippen LogP contribution in [0.3, 0.4) is 0 Å². The summed E-state index contributed by atoms with van der Waals surface area (Å²) in [7, 11) is 0. The molecule has 1 N–H and O–H groups in total. The average Bonchev–Trinajstić information content (AvgIpc) is 2.61. The summed E-state index contributed by atoms with van der Waals surface area (Å²) in [4.78, 5) is 26.6. The summed E-state index contributed by atoms with van der Waals surface area (Å²) in [6.45, 7) is 0. The number of dihydropyridines is 1. The van der Waals surface area contributed by atoms with Crippen LogP contribution < -0.4 is 5.32 Å². The van der Waals surface area contributed by atoms with Gasteiger partial charge in [0.25, 0.3) is 0 Å². The third-order valence-electron chi connectivity index (χ3n) is 5.24. The molecule has 0 aromatic heterocycles.